The van der Waals surface area contributed by atoms with Gasteiger partial charge in [-0.25, -0.2) is 0 Å². The van der Waals surface area contributed by atoms with Crippen molar-refractivity contribution >= 4 is 60.5 Å². The van der Waals surface area contributed by atoms with Crippen LogP contribution in [0.5, 0.6) is 0 Å². The summed E-state index contributed by atoms with van der Waals surface area (Å²) in [5, 5.41) is 7.01. The molecule has 2 nitrogen and oxygen atoms in total. The van der Waals surface area contributed by atoms with Crippen LogP contribution in [-0.4, -0.2) is 0 Å². The number of fused-ring (bicyclic) bond motifs is 16. The van der Waals surface area contributed by atoms with E-state index in [0.29, 0.717) is 0 Å². The van der Waals surface area contributed by atoms with Gasteiger partial charge in [-0.05, 0) is 114 Å². The number of para-hydroxylation sites is 2. The minimum atomic E-state index is -0.464. The van der Waals surface area contributed by atoms with Gasteiger partial charge in [0.1, 0.15) is 11.2 Å². The summed E-state index contributed by atoms with van der Waals surface area (Å²) in [7, 11) is 0. The zero-order valence-corrected chi connectivity index (χ0v) is 35.4. The standard InChI is InChI=1S/C63H39NO/c1-2-16-42-39-43(32-31-40(42)15-1)41-33-35-44(36-34-41)64(58-28-11-6-19-49(58)45-22-13-23-51-46(45)37-38-52-50-20-7-12-30-60(50)65-62(51)52)59-29-14-27-57-61(59)53-21-5-10-26-56(53)63(57)54-24-8-3-17-47(54)48-18-4-9-25-55(48)63/h1-39H. The van der Waals surface area contributed by atoms with E-state index >= 15 is 0 Å². The lowest BCUT2D eigenvalue weighted by Crippen LogP contribution is -2.26. The molecule has 0 atom stereocenters. The van der Waals surface area contributed by atoms with E-state index < -0.39 is 5.41 Å². The summed E-state index contributed by atoms with van der Waals surface area (Å²) in [6, 6.07) is 87.2. The van der Waals surface area contributed by atoms with E-state index in [1.807, 2.05) is 6.07 Å². The Morgan fingerprint density at radius 2 is 0.862 bits per heavy atom. The summed E-state index contributed by atoms with van der Waals surface area (Å²) in [5.41, 5.74) is 19.8. The van der Waals surface area contributed by atoms with Crippen LogP contribution >= 0.6 is 0 Å². The van der Waals surface area contributed by atoms with E-state index in [2.05, 4.69) is 235 Å². The smallest absolute Gasteiger partial charge is 0.143 e. The van der Waals surface area contributed by atoms with Crippen LogP contribution in [0.1, 0.15) is 22.3 Å². The number of benzene rings is 11. The molecular formula is C63H39NO. The number of nitrogens with zero attached hydrogens (tertiary/aromatic N) is 1. The van der Waals surface area contributed by atoms with Crippen molar-refractivity contribution < 1.29 is 4.42 Å². The van der Waals surface area contributed by atoms with Crippen molar-refractivity contribution in [3.05, 3.63) is 259 Å². The van der Waals surface area contributed by atoms with Gasteiger partial charge < -0.3 is 9.32 Å². The Morgan fingerprint density at radius 3 is 1.66 bits per heavy atom. The Kier molecular flexibility index (Phi) is 7.64. The maximum Gasteiger partial charge on any atom is 0.143 e. The summed E-state index contributed by atoms with van der Waals surface area (Å²) in [5.74, 6) is 0. The van der Waals surface area contributed by atoms with Gasteiger partial charge in [-0.3, -0.25) is 0 Å². The molecule has 0 N–H and O–H groups in total. The Labute approximate surface area is 376 Å². The Morgan fingerprint density at radius 1 is 0.323 bits per heavy atom. The van der Waals surface area contributed by atoms with Crippen LogP contribution in [0.15, 0.2) is 241 Å². The van der Waals surface area contributed by atoms with E-state index in [1.165, 1.54) is 66.4 Å². The monoisotopic (exact) mass is 825 g/mol. The van der Waals surface area contributed by atoms with Gasteiger partial charge in [0.2, 0.25) is 0 Å². The Balaban J connectivity index is 1.03. The molecule has 2 aliphatic rings. The van der Waals surface area contributed by atoms with Gasteiger partial charge in [0.15, 0.2) is 0 Å². The van der Waals surface area contributed by atoms with Crippen molar-refractivity contribution in [2.75, 3.05) is 4.90 Å². The lowest BCUT2D eigenvalue weighted by molar-refractivity contribution is 0.672. The first-order valence-corrected chi connectivity index (χ1v) is 22.5. The van der Waals surface area contributed by atoms with Crippen molar-refractivity contribution in [1.29, 1.82) is 0 Å². The quantitative estimate of drug-likeness (QED) is 0.172. The summed E-state index contributed by atoms with van der Waals surface area (Å²) in [4.78, 5) is 2.51. The SMILES string of the molecule is c1ccc(N(c2ccc(-c3ccc4ccccc4c3)cc2)c2cccc3c2-c2ccccc2C32c3ccccc3-c3ccccc32)c(-c2cccc3c2ccc2c4ccccc4oc32)c1. The molecule has 0 amide bonds. The molecule has 0 radical (unpaired) electrons. The normalized spacial score (nSPS) is 13.0. The van der Waals surface area contributed by atoms with Crippen LogP contribution in [-0.2, 0) is 5.41 Å². The minimum Gasteiger partial charge on any atom is -0.455 e. The predicted molar refractivity (Wildman–Crippen MR) is 271 cm³/mol. The highest BCUT2D eigenvalue weighted by molar-refractivity contribution is 6.18. The second kappa shape index (κ2) is 13.8. The summed E-state index contributed by atoms with van der Waals surface area (Å²) >= 11 is 0. The molecule has 2 heteroatoms. The van der Waals surface area contributed by atoms with Crippen molar-refractivity contribution in [2.45, 2.75) is 5.41 Å². The van der Waals surface area contributed by atoms with Crippen molar-refractivity contribution in [2.24, 2.45) is 0 Å². The van der Waals surface area contributed by atoms with Crippen LogP contribution in [0.25, 0.3) is 88.0 Å². The van der Waals surface area contributed by atoms with Gasteiger partial charge in [-0.1, -0.05) is 194 Å². The largest absolute Gasteiger partial charge is 0.455 e. The lowest BCUT2D eigenvalue weighted by atomic mass is 9.70. The van der Waals surface area contributed by atoms with Crippen LogP contribution in [0.3, 0.4) is 0 Å². The second-order valence-electron chi connectivity index (χ2n) is 17.5. The molecule has 11 aromatic carbocycles. The second-order valence-corrected chi connectivity index (χ2v) is 17.5. The molecule has 302 valence electrons. The maximum atomic E-state index is 6.61. The van der Waals surface area contributed by atoms with Gasteiger partial charge in [0, 0.05) is 33.0 Å². The van der Waals surface area contributed by atoms with E-state index in [1.54, 1.807) is 0 Å². The Hall–Kier alpha value is -8.46. The van der Waals surface area contributed by atoms with Gasteiger partial charge in [-0.15, -0.1) is 0 Å². The molecule has 0 fully saturated rings. The third-order valence-electron chi connectivity index (χ3n) is 14.3. The first-order valence-electron chi connectivity index (χ1n) is 22.5. The highest BCUT2D eigenvalue weighted by Gasteiger charge is 2.52. The predicted octanol–water partition coefficient (Wildman–Crippen LogP) is 17.0. The van der Waals surface area contributed by atoms with E-state index in [-0.39, 0.29) is 0 Å². The first-order chi connectivity index (χ1) is 32.3. The zero-order chi connectivity index (χ0) is 42.6. The van der Waals surface area contributed by atoms with Crippen LogP contribution in [0.4, 0.5) is 17.1 Å². The fourth-order valence-electron chi connectivity index (χ4n) is 11.6. The number of furan rings is 1. The molecule has 14 rings (SSSR count). The number of rotatable bonds is 5. The first kappa shape index (κ1) is 36.1. The molecule has 0 saturated carbocycles. The molecule has 1 heterocycles. The summed E-state index contributed by atoms with van der Waals surface area (Å²) in [6.07, 6.45) is 0. The van der Waals surface area contributed by atoms with Crippen molar-refractivity contribution in [3.63, 3.8) is 0 Å². The zero-order valence-electron chi connectivity index (χ0n) is 35.4. The summed E-state index contributed by atoms with van der Waals surface area (Å²) in [6.45, 7) is 0. The van der Waals surface area contributed by atoms with E-state index in [0.717, 1.165) is 60.9 Å². The fourth-order valence-corrected chi connectivity index (χ4v) is 11.6. The molecule has 1 spiro atoms. The van der Waals surface area contributed by atoms with Gasteiger partial charge in [0.05, 0.1) is 16.8 Å². The van der Waals surface area contributed by atoms with Crippen LogP contribution < -0.4 is 4.90 Å². The topological polar surface area (TPSA) is 16.4 Å². The van der Waals surface area contributed by atoms with E-state index in [9.17, 15) is 0 Å². The average Bonchev–Trinajstić information content (AvgIpc) is 4.01. The van der Waals surface area contributed by atoms with Crippen molar-refractivity contribution in [1.82, 2.24) is 0 Å². The van der Waals surface area contributed by atoms with Gasteiger partial charge in [-0.2, -0.15) is 0 Å². The summed E-state index contributed by atoms with van der Waals surface area (Å²) < 4.78 is 6.61. The average molecular weight is 826 g/mol. The highest BCUT2D eigenvalue weighted by atomic mass is 16.3. The van der Waals surface area contributed by atoms with Crippen LogP contribution in [0, 0.1) is 0 Å². The highest BCUT2D eigenvalue weighted by Crippen LogP contribution is 2.65. The number of hydrogen-bond donors (Lipinski definition) is 0. The molecule has 65 heavy (non-hydrogen) atoms. The molecule has 0 saturated heterocycles. The molecular weight excluding hydrogens is 787 g/mol. The maximum absolute atomic E-state index is 6.61. The fraction of sp³-hybridized carbons (Fsp3) is 0.0159. The van der Waals surface area contributed by atoms with Gasteiger partial charge >= 0.3 is 0 Å². The molecule has 2 aliphatic carbocycles. The molecule has 0 bridgehead atoms. The molecule has 0 aliphatic heterocycles. The molecule has 1 aromatic heterocycles. The molecule has 12 aromatic rings. The van der Waals surface area contributed by atoms with Crippen LogP contribution in [0.2, 0.25) is 0 Å². The van der Waals surface area contributed by atoms with Gasteiger partial charge in [0.25, 0.3) is 0 Å². The lowest BCUT2D eigenvalue weighted by Gasteiger charge is -2.32. The third kappa shape index (κ3) is 5.05. The number of hydrogen-bond acceptors (Lipinski definition) is 2. The van der Waals surface area contributed by atoms with E-state index in [4.69, 9.17) is 4.42 Å². The number of anilines is 3. The van der Waals surface area contributed by atoms with Crippen molar-refractivity contribution in [3.8, 4) is 44.5 Å². The minimum absolute atomic E-state index is 0.464. The molecule has 0 unspecified atom stereocenters. The third-order valence-corrected chi connectivity index (χ3v) is 14.3. The Bertz CT molecular complexity index is 3860.